The minimum Gasteiger partial charge on any atom is -0.356 e. The van der Waals surface area contributed by atoms with Crippen molar-refractivity contribution in [3.8, 4) is 0 Å². The van der Waals surface area contributed by atoms with Crippen LogP contribution in [0.5, 0.6) is 0 Å². The number of nitrogens with one attached hydrogen (secondary N) is 2. The van der Waals surface area contributed by atoms with E-state index in [1.807, 2.05) is 0 Å². The van der Waals surface area contributed by atoms with E-state index >= 15 is 0 Å². The Bertz CT molecular complexity index is 145. The molecule has 4 N–H and O–H groups in total. The molecule has 4 heteroatoms. The van der Waals surface area contributed by atoms with E-state index in [1.54, 1.807) is 0 Å². The highest BCUT2D eigenvalue weighted by molar-refractivity contribution is 5.76. The monoisotopic (exact) mass is 171 g/mol. The van der Waals surface area contributed by atoms with Crippen molar-refractivity contribution >= 4 is 5.91 Å². The van der Waals surface area contributed by atoms with Crippen molar-refractivity contribution in [1.82, 2.24) is 10.6 Å². The van der Waals surface area contributed by atoms with Crippen LogP contribution in [-0.4, -0.2) is 32.1 Å². The Morgan fingerprint density at radius 2 is 2.33 bits per heavy atom. The molecule has 0 saturated carbocycles. The van der Waals surface area contributed by atoms with Crippen molar-refractivity contribution in [2.75, 3.05) is 26.2 Å². The van der Waals surface area contributed by atoms with Gasteiger partial charge in [0, 0.05) is 13.0 Å². The normalized spacial score (nSPS) is 17.1. The topological polar surface area (TPSA) is 67.1 Å². The average Bonchev–Trinajstić information content (AvgIpc) is 1.98. The second-order valence-electron chi connectivity index (χ2n) is 3.22. The third-order valence-electron chi connectivity index (χ3n) is 2.04. The summed E-state index contributed by atoms with van der Waals surface area (Å²) in [7, 11) is 0. The molecule has 0 spiro atoms. The van der Waals surface area contributed by atoms with Gasteiger partial charge in [-0.05, 0) is 32.0 Å². The van der Waals surface area contributed by atoms with E-state index in [-0.39, 0.29) is 5.91 Å². The lowest BCUT2D eigenvalue weighted by Crippen LogP contribution is -2.44. The summed E-state index contributed by atoms with van der Waals surface area (Å²) in [6.45, 7) is 3.34. The molecule has 0 unspecified atom stereocenters. The van der Waals surface area contributed by atoms with Crippen LogP contribution in [0.25, 0.3) is 0 Å². The Morgan fingerprint density at radius 3 is 2.83 bits per heavy atom. The number of hydrogen-bond acceptors (Lipinski definition) is 3. The van der Waals surface area contributed by atoms with Crippen molar-refractivity contribution in [2.24, 2.45) is 11.7 Å². The van der Waals surface area contributed by atoms with Crippen LogP contribution in [0.2, 0.25) is 0 Å². The van der Waals surface area contributed by atoms with Crippen LogP contribution in [0.1, 0.15) is 12.8 Å². The maximum atomic E-state index is 11.1. The molecule has 70 valence electrons. The van der Waals surface area contributed by atoms with Gasteiger partial charge in [-0.25, -0.2) is 0 Å². The van der Waals surface area contributed by atoms with Crippen LogP contribution in [-0.2, 0) is 4.79 Å². The van der Waals surface area contributed by atoms with Gasteiger partial charge in [-0.1, -0.05) is 0 Å². The second kappa shape index (κ2) is 5.11. The van der Waals surface area contributed by atoms with E-state index in [4.69, 9.17) is 5.73 Å². The molecule has 1 heterocycles. The standard InChI is InChI=1S/C8H17N3O/c9-2-1-3-11-8(12)4-7-5-10-6-7/h7,10H,1-6,9H2,(H,11,12). The molecule has 0 bridgehead atoms. The van der Waals surface area contributed by atoms with Crippen LogP contribution >= 0.6 is 0 Å². The van der Waals surface area contributed by atoms with E-state index < -0.39 is 0 Å². The number of carbonyl (C=O) groups excluding carboxylic acids is 1. The Balaban J connectivity index is 1.95. The number of carbonyl (C=O) groups is 1. The van der Waals surface area contributed by atoms with Gasteiger partial charge in [-0.15, -0.1) is 0 Å². The van der Waals surface area contributed by atoms with E-state index in [0.29, 0.717) is 18.9 Å². The summed E-state index contributed by atoms with van der Waals surface area (Å²) in [6.07, 6.45) is 1.53. The molecule has 1 aliphatic heterocycles. The first-order valence-corrected chi connectivity index (χ1v) is 4.50. The summed E-state index contributed by atoms with van der Waals surface area (Å²) in [5.41, 5.74) is 5.29. The SMILES string of the molecule is NCCCNC(=O)CC1CNC1. The lowest BCUT2D eigenvalue weighted by Gasteiger charge is -2.26. The van der Waals surface area contributed by atoms with Gasteiger partial charge in [0.2, 0.25) is 5.91 Å². The number of amides is 1. The fourth-order valence-corrected chi connectivity index (χ4v) is 1.16. The Morgan fingerprint density at radius 1 is 1.58 bits per heavy atom. The predicted octanol–water partition coefficient (Wildman–Crippen LogP) is -0.939. The fraction of sp³-hybridized carbons (Fsp3) is 0.875. The zero-order chi connectivity index (χ0) is 8.81. The first kappa shape index (κ1) is 9.48. The van der Waals surface area contributed by atoms with Gasteiger partial charge in [-0.3, -0.25) is 4.79 Å². The van der Waals surface area contributed by atoms with Gasteiger partial charge < -0.3 is 16.4 Å². The van der Waals surface area contributed by atoms with Gasteiger partial charge in [0.25, 0.3) is 0 Å². The van der Waals surface area contributed by atoms with Gasteiger partial charge in [0.15, 0.2) is 0 Å². The first-order chi connectivity index (χ1) is 5.83. The average molecular weight is 171 g/mol. The highest BCUT2D eigenvalue weighted by atomic mass is 16.1. The molecular formula is C8H17N3O. The highest BCUT2D eigenvalue weighted by Gasteiger charge is 2.19. The number of hydrogen-bond donors (Lipinski definition) is 3. The minimum absolute atomic E-state index is 0.162. The van der Waals surface area contributed by atoms with E-state index in [2.05, 4.69) is 10.6 Å². The van der Waals surface area contributed by atoms with Crippen molar-refractivity contribution in [3.63, 3.8) is 0 Å². The second-order valence-corrected chi connectivity index (χ2v) is 3.22. The van der Waals surface area contributed by atoms with Crippen LogP contribution in [0.4, 0.5) is 0 Å². The van der Waals surface area contributed by atoms with Gasteiger partial charge in [-0.2, -0.15) is 0 Å². The Kier molecular flexibility index (Phi) is 4.04. The quantitative estimate of drug-likeness (QED) is 0.468. The summed E-state index contributed by atoms with van der Waals surface area (Å²) < 4.78 is 0. The molecule has 12 heavy (non-hydrogen) atoms. The zero-order valence-corrected chi connectivity index (χ0v) is 7.31. The van der Waals surface area contributed by atoms with E-state index in [1.165, 1.54) is 0 Å². The predicted molar refractivity (Wildman–Crippen MR) is 47.7 cm³/mol. The van der Waals surface area contributed by atoms with Crippen LogP contribution in [0.3, 0.4) is 0 Å². The summed E-state index contributed by atoms with van der Waals surface area (Å²) in [4.78, 5) is 11.1. The van der Waals surface area contributed by atoms with Crippen molar-refractivity contribution in [1.29, 1.82) is 0 Å². The largest absolute Gasteiger partial charge is 0.356 e. The molecule has 0 aliphatic carbocycles. The zero-order valence-electron chi connectivity index (χ0n) is 7.31. The number of rotatable bonds is 5. The molecule has 1 aliphatic rings. The lowest BCUT2D eigenvalue weighted by molar-refractivity contribution is -0.122. The van der Waals surface area contributed by atoms with Gasteiger partial charge in [0.1, 0.15) is 0 Å². The van der Waals surface area contributed by atoms with Crippen molar-refractivity contribution in [2.45, 2.75) is 12.8 Å². The molecule has 1 fully saturated rings. The lowest BCUT2D eigenvalue weighted by atomic mass is 9.99. The molecule has 0 aromatic rings. The molecule has 0 aromatic heterocycles. The maximum absolute atomic E-state index is 11.1. The third-order valence-corrected chi connectivity index (χ3v) is 2.04. The smallest absolute Gasteiger partial charge is 0.220 e. The first-order valence-electron chi connectivity index (χ1n) is 4.50. The van der Waals surface area contributed by atoms with Crippen LogP contribution in [0, 0.1) is 5.92 Å². The molecule has 1 rings (SSSR count). The van der Waals surface area contributed by atoms with Crippen LogP contribution in [0.15, 0.2) is 0 Å². The molecule has 1 amide bonds. The molecule has 1 saturated heterocycles. The maximum Gasteiger partial charge on any atom is 0.220 e. The van der Waals surface area contributed by atoms with Gasteiger partial charge >= 0.3 is 0 Å². The number of nitrogens with two attached hydrogens (primary N) is 1. The summed E-state index contributed by atoms with van der Waals surface area (Å²) in [5, 5.41) is 5.97. The summed E-state index contributed by atoms with van der Waals surface area (Å²) in [5.74, 6) is 0.720. The molecule has 0 radical (unpaired) electrons. The van der Waals surface area contributed by atoms with Gasteiger partial charge in [0.05, 0.1) is 0 Å². The fourth-order valence-electron chi connectivity index (χ4n) is 1.16. The van der Waals surface area contributed by atoms with Crippen molar-refractivity contribution < 1.29 is 4.79 Å². The molecule has 0 aromatic carbocycles. The minimum atomic E-state index is 0.162. The van der Waals surface area contributed by atoms with E-state index in [9.17, 15) is 4.79 Å². The highest BCUT2D eigenvalue weighted by Crippen LogP contribution is 2.07. The molecule has 4 nitrogen and oxygen atoms in total. The molecular weight excluding hydrogens is 154 g/mol. The molecule has 0 atom stereocenters. The summed E-state index contributed by atoms with van der Waals surface area (Å²) in [6, 6.07) is 0. The van der Waals surface area contributed by atoms with E-state index in [0.717, 1.165) is 26.1 Å². The van der Waals surface area contributed by atoms with Crippen LogP contribution < -0.4 is 16.4 Å². The Labute approximate surface area is 72.9 Å². The van der Waals surface area contributed by atoms with Crippen molar-refractivity contribution in [3.05, 3.63) is 0 Å². The summed E-state index contributed by atoms with van der Waals surface area (Å²) >= 11 is 0. The third kappa shape index (κ3) is 3.19. The Hall–Kier alpha value is -0.610.